The number of hydrogen-bond donors (Lipinski definition) is 0. The van der Waals surface area contributed by atoms with Crippen LogP contribution in [0.4, 0.5) is 0 Å². The normalized spacial score (nSPS) is 26.7. The van der Waals surface area contributed by atoms with Crippen molar-refractivity contribution in [1.29, 1.82) is 0 Å². The summed E-state index contributed by atoms with van der Waals surface area (Å²) < 4.78 is 5.50. The lowest BCUT2D eigenvalue weighted by Crippen LogP contribution is -1.75. The average molecular weight is 161 g/mol. The topological polar surface area (TPSA) is 17.5 Å². The first kappa shape index (κ1) is 7.42. The van der Waals surface area contributed by atoms with Crippen LogP contribution in [-0.2, 0) is 6.54 Å². The van der Waals surface area contributed by atoms with Crippen LogP contribution in [0, 0.1) is 12.5 Å². The highest BCUT2D eigenvalue weighted by Crippen LogP contribution is 2.47. The maximum absolute atomic E-state index is 6.68. The Bertz CT molecular complexity index is 321. The fourth-order valence-electron chi connectivity index (χ4n) is 1.48. The first-order valence-corrected chi connectivity index (χ1v) is 4.23. The molecule has 1 aromatic rings. The van der Waals surface area contributed by atoms with E-state index in [1.165, 1.54) is 6.42 Å². The molecular formula is C10H11NO. The van der Waals surface area contributed by atoms with Crippen molar-refractivity contribution in [2.75, 3.05) is 0 Å². The third-order valence-electron chi connectivity index (χ3n) is 2.39. The van der Waals surface area contributed by atoms with Gasteiger partial charge in [-0.2, -0.15) is 0 Å². The minimum Gasteiger partial charge on any atom is -0.458 e. The maximum atomic E-state index is 6.68. The van der Waals surface area contributed by atoms with Gasteiger partial charge in [0.1, 0.15) is 5.76 Å². The van der Waals surface area contributed by atoms with Crippen LogP contribution < -0.4 is 0 Å². The molecule has 0 amide bonds. The van der Waals surface area contributed by atoms with Gasteiger partial charge in [0.15, 0.2) is 5.76 Å². The van der Waals surface area contributed by atoms with Gasteiger partial charge in [-0.1, -0.05) is 6.92 Å². The fourth-order valence-corrected chi connectivity index (χ4v) is 1.48. The van der Waals surface area contributed by atoms with Crippen molar-refractivity contribution in [3.05, 3.63) is 35.1 Å². The molecule has 2 unspecified atom stereocenters. The zero-order valence-corrected chi connectivity index (χ0v) is 7.08. The molecule has 12 heavy (non-hydrogen) atoms. The first-order valence-electron chi connectivity index (χ1n) is 4.23. The summed E-state index contributed by atoms with van der Waals surface area (Å²) in [4.78, 5) is 3.27. The monoisotopic (exact) mass is 161 g/mol. The van der Waals surface area contributed by atoms with E-state index < -0.39 is 0 Å². The van der Waals surface area contributed by atoms with Crippen LogP contribution in [0.5, 0.6) is 0 Å². The molecule has 0 aliphatic heterocycles. The van der Waals surface area contributed by atoms with Crippen molar-refractivity contribution >= 4 is 0 Å². The molecule has 2 atom stereocenters. The van der Waals surface area contributed by atoms with Gasteiger partial charge in [-0.05, 0) is 24.5 Å². The van der Waals surface area contributed by atoms with Gasteiger partial charge < -0.3 is 9.26 Å². The minimum atomic E-state index is 0.376. The van der Waals surface area contributed by atoms with E-state index >= 15 is 0 Å². The summed E-state index contributed by atoms with van der Waals surface area (Å²) in [5.41, 5.74) is 0. The molecule has 2 rings (SSSR count). The summed E-state index contributed by atoms with van der Waals surface area (Å²) in [5, 5.41) is 0. The standard InChI is InChI=1S/C10H11NO/c1-7-5-9(7)10-4-3-8(12-10)6-11-2/h3-4,7,9H,5-6H2,1H3. The maximum Gasteiger partial charge on any atom is 0.271 e. The smallest absolute Gasteiger partial charge is 0.271 e. The largest absolute Gasteiger partial charge is 0.458 e. The molecule has 0 bridgehead atoms. The second-order valence-corrected chi connectivity index (χ2v) is 3.44. The lowest BCUT2D eigenvalue weighted by molar-refractivity contribution is 0.471. The van der Waals surface area contributed by atoms with Gasteiger partial charge >= 0.3 is 0 Å². The minimum absolute atomic E-state index is 0.376. The van der Waals surface area contributed by atoms with Crippen molar-refractivity contribution in [3.8, 4) is 0 Å². The number of rotatable bonds is 2. The summed E-state index contributed by atoms with van der Waals surface area (Å²) in [6.45, 7) is 9.28. The lowest BCUT2D eigenvalue weighted by Gasteiger charge is -1.88. The highest BCUT2D eigenvalue weighted by Gasteiger charge is 2.36. The van der Waals surface area contributed by atoms with Crippen molar-refractivity contribution in [2.45, 2.75) is 25.8 Å². The first-order chi connectivity index (χ1) is 5.81. The molecule has 1 saturated carbocycles. The van der Waals surface area contributed by atoms with Crippen molar-refractivity contribution in [2.24, 2.45) is 5.92 Å². The van der Waals surface area contributed by atoms with E-state index in [1.54, 1.807) is 0 Å². The fraction of sp³-hybridized carbons (Fsp3) is 0.500. The van der Waals surface area contributed by atoms with Crippen LogP contribution in [0.2, 0.25) is 0 Å². The second kappa shape index (κ2) is 2.67. The molecule has 0 spiro atoms. The second-order valence-electron chi connectivity index (χ2n) is 3.44. The number of hydrogen-bond acceptors (Lipinski definition) is 1. The van der Waals surface area contributed by atoms with E-state index in [4.69, 9.17) is 11.0 Å². The Balaban J connectivity index is 2.10. The molecule has 1 fully saturated rings. The molecule has 1 aliphatic rings. The van der Waals surface area contributed by atoms with Crippen LogP contribution in [0.1, 0.15) is 30.8 Å². The Kier molecular flexibility index (Phi) is 1.65. The summed E-state index contributed by atoms with van der Waals surface area (Å²) in [6, 6.07) is 3.92. The van der Waals surface area contributed by atoms with E-state index in [0.717, 1.165) is 17.4 Å². The van der Waals surface area contributed by atoms with Gasteiger partial charge in [0.25, 0.3) is 6.54 Å². The molecule has 0 radical (unpaired) electrons. The van der Waals surface area contributed by atoms with Gasteiger partial charge in [0.05, 0.1) is 0 Å². The molecule has 1 aromatic heterocycles. The molecular weight excluding hydrogens is 150 g/mol. The Labute approximate surface area is 72.0 Å². The average Bonchev–Trinajstić information content (AvgIpc) is 2.62. The number of furan rings is 1. The molecule has 62 valence electrons. The van der Waals surface area contributed by atoms with Gasteiger partial charge in [0, 0.05) is 5.92 Å². The van der Waals surface area contributed by atoms with Gasteiger partial charge in [-0.3, -0.25) is 0 Å². The highest BCUT2D eigenvalue weighted by atomic mass is 16.3. The van der Waals surface area contributed by atoms with Crippen molar-refractivity contribution in [1.82, 2.24) is 0 Å². The molecule has 0 N–H and O–H groups in total. The highest BCUT2D eigenvalue weighted by molar-refractivity contribution is 5.18. The molecule has 2 heteroatoms. The quantitative estimate of drug-likeness (QED) is 0.610. The molecule has 1 heterocycles. The third-order valence-corrected chi connectivity index (χ3v) is 2.39. The van der Waals surface area contributed by atoms with Crippen molar-refractivity contribution < 1.29 is 4.42 Å². The van der Waals surface area contributed by atoms with E-state index in [9.17, 15) is 0 Å². The Hall–Kier alpha value is -1.23. The summed E-state index contributed by atoms with van der Waals surface area (Å²) in [7, 11) is 0. The van der Waals surface area contributed by atoms with Gasteiger partial charge in [-0.15, -0.1) is 0 Å². The predicted molar refractivity (Wildman–Crippen MR) is 45.5 cm³/mol. The predicted octanol–water partition coefficient (Wildman–Crippen LogP) is 2.82. The van der Waals surface area contributed by atoms with Crippen LogP contribution in [0.15, 0.2) is 16.5 Å². The zero-order chi connectivity index (χ0) is 8.55. The Morgan fingerprint density at radius 1 is 1.67 bits per heavy atom. The van der Waals surface area contributed by atoms with Crippen LogP contribution in [-0.4, -0.2) is 0 Å². The van der Waals surface area contributed by atoms with Gasteiger partial charge in [-0.25, -0.2) is 6.57 Å². The summed E-state index contributed by atoms with van der Waals surface area (Å²) >= 11 is 0. The lowest BCUT2D eigenvalue weighted by atomic mass is 10.3. The zero-order valence-electron chi connectivity index (χ0n) is 7.08. The SMILES string of the molecule is [C-]#[N+]Cc1ccc(C2CC2C)o1. The van der Waals surface area contributed by atoms with E-state index in [2.05, 4.69) is 11.8 Å². The van der Waals surface area contributed by atoms with Gasteiger partial charge in [0.2, 0.25) is 0 Å². The Morgan fingerprint density at radius 2 is 2.42 bits per heavy atom. The summed E-state index contributed by atoms with van der Waals surface area (Å²) in [6.07, 6.45) is 1.24. The van der Waals surface area contributed by atoms with Crippen LogP contribution in [0.3, 0.4) is 0 Å². The van der Waals surface area contributed by atoms with Crippen LogP contribution in [0.25, 0.3) is 4.85 Å². The molecule has 0 saturated heterocycles. The van der Waals surface area contributed by atoms with E-state index in [0.29, 0.717) is 12.5 Å². The van der Waals surface area contributed by atoms with Crippen molar-refractivity contribution in [3.63, 3.8) is 0 Å². The number of nitrogens with zero attached hydrogens (tertiary/aromatic N) is 1. The van der Waals surface area contributed by atoms with E-state index in [-0.39, 0.29) is 0 Å². The molecule has 2 nitrogen and oxygen atoms in total. The summed E-state index contributed by atoms with van der Waals surface area (Å²) in [5.74, 6) is 3.28. The molecule has 1 aliphatic carbocycles. The third kappa shape index (κ3) is 1.23. The van der Waals surface area contributed by atoms with E-state index in [1.807, 2.05) is 12.1 Å². The Morgan fingerprint density at radius 3 is 3.00 bits per heavy atom. The van der Waals surface area contributed by atoms with Crippen LogP contribution >= 0.6 is 0 Å². The molecule has 0 aromatic carbocycles.